The molecule has 0 bridgehead atoms. The molecule has 1 saturated heterocycles. The molecule has 0 amide bonds. The predicted octanol–water partition coefficient (Wildman–Crippen LogP) is 2.66. The maximum Gasteiger partial charge on any atom is 0.0816 e. The van der Waals surface area contributed by atoms with Crippen molar-refractivity contribution in [2.24, 2.45) is 0 Å². The Labute approximate surface area is 105 Å². The molecule has 0 saturated carbocycles. The van der Waals surface area contributed by atoms with E-state index in [4.69, 9.17) is 23.2 Å². The van der Waals surface area contributed by atoms with E-state index in [-0.39, 0.29) is 5.41 Å². The number of hydrogen-bond donors (Lipinski definition) is 2. The van der Waals surface area contributed by atoms with Crippen molar-refractivity contribution in [3.63, 3.8) is 0 Å². The molecule has 1 spiro atoms. The first-order valence-corrected chi connectivity index (χ1v) is 6.27. The Balaban J connectivity index is 2.19. The van der Waals surface area contributed by atoms with Gasteiger partial charge >= 0.3 is 0 Å². The van der Waals surface area contributed by atoms with Crippen molar-refractivity contribution in [1.82, 2.24) is 5.32 Å². The van der Waals surface area contributed by atoms with Crippen LogP contribution in [0.2, 0.25) is 10.0 Å². The zero-order valence-electron chi connectivity index (χ0n) is 8.76. The summed E-state index contributed by atoms with van der Waals surface area (Å²) in [5.74, 6) is 0. The lowest BCUT2D eigenvalue weighted by atomic mass is 9.81. The van der Waals surface area contributed by atoms with Crippen LogP contribution < -0.4 is 5.32 Å². The first-order valence-electron chi connectivity index (χ1n) is 5.51. The lowest BCUT2D eigenvalue weighted by Gasteiger charge is -2.23. The number of aliphatic hydroxyl groups excluding tert-OH is 1. The summed E-state index contributed by atoms with van der Waals surface area (Å²) in [7, 11) is 0. The Morgan fingerprint density at radius 3 is 2.88 bits per heavy atom. The third-order valence-electron chi connectivity index (χ3n) is 3.87. The fourth-order valence-electron chi connectivity index (χ4n) is 3.08. The fourth-order valence-corrected chi connectivity index (χ4v) is 3.54. The van der Waals surface area contributed by atoms with Gasteiger partial charge in [-0.1, -0.05) is 29.3 Å². The van der Waals surface area contributed by atoms with Crippen LogP contribution in [-0.4, -0.2) is 18.2 Å². The molecular weight excluding hydrogens is 245 g/mol. The molecule has 1 aliphatic carbocycles. The van der Waals surface area contributed by atoms with Gasteiger partial charge in [-0.05, 0) is 31.0 Å². The molecule has 2 atom stereocenters. The number of fused-ring (bicyclic) bond motifs is 2. The van der Waals surface area contributed by atoms with E-state index in [1.54, 1.807) is 0 Å². The van der Waals surface area contributed by atoms with Crippen LogP contribution in [0.4, 0.5) is 0 Å². The summed E-state index contributed by atoms with van der Waals surface area (Å²) in [6.07, 6.45) is 1.35. The van der Waals surface area contributed by atoms with E-state index in [1.807, 2.05) is 12.1 Å². The van der Waals surface area contributed by atoms with Gasteiger partial charge < -0.3 is 10.4 Å². The zero-order valence-corrected chi connectivity index (χ0v) is 10.3. The largest absolute Gasteiger partial charge is 0.388 e. The molecule has 16 heavy (non-hydrogen) atoms. The first kappa shape index (κ1) is 10.8. The van der Waals surface area contributed by atoms with Gasteiger partial charge in [-0.15, -0.1) is 0 Å². The average Bonchev–Trinajstić information content (AvgIpc) is 2.80. The second-order valence-corrected chi connectivity index (χ2v) is 5.53. The molecule has 1 heterocycles. The molecule has 0 radical (unpaired) electrons. The summed E-state index contributed by atoms with van der Waals surface area (Å²) < 4.78 is 0. The third kappa shape index (κ3) is 1.34. The van der Waals surface area contributed by atoms with Crippen LogP contribution in [0.5, 0.6) is 0 Å². The number of benzene rings is 1. The average molecular weight is 258 g/mol. The molecule has 2 N–H and O–H groups in total. The van der Waals surface area contributed by atoms with Crippen molar-refractivity contribution < 1.29 is 5.11 Å². The van der Waals surface area contributed by atoms with Gasteiger partial charge in [0, 0.05) is 17.5 Å². The van der Waals surface area contributed by atoms with Gasteiger partial charge in [0.05, 0.1) is 16.1 Å². The Bertz CT molecular complexity index is 441. The van der Waals surface area contributed by atoms with E-state index < -0.39 is 6.10 Å². The lowest BCUT2D eigenvalue weighted by molar-refractivity contribution is 0.158. The minimum absolute atomic E-state index is 0.0724. The molecule has 1 fully saturated rings. The Kier molecular flexibility index (Phi) is 2.44. The van der Waals surface area contributed by atoms with Crippen molar-refractivity contribution in [1.29, 1.82) is 0 Å². The highest BCUT2D eigenvalue weighted by Gasteiger charge is 2.46. The topological polar surface area (TPSA) is 32.3 Å². The van der Waals surface area contributed by atoms with E-state index in [0.717, 1.165) is 31.5 Å². The minimum atomic E-state index is -0.471. The number of halogens is 2. The molecule has 1 aromatic rings. The molecular formula is C12H13Cl2NO. The molecule has 0 aromatic heterocycles. The molecule has 86 valence electrons. The van der Waals surface area contributed by atoms with Crippen molar-refractivity contribution in [2.75, 3.05) is 13.1 Å². The summed E-state index contributed by atoms with van der Waals surface area (Å²) in [4.78, 5) is 0. The van der Waals surface area contributed by atoms with Crippen molar-refractivity contribution in [3.8, 4) is 0 Å². The lowest BCUT2D eigenvalue weighted by Crippen LogP contribution is -2.26. The number of nitrogens with one attached hydrogen (secondary N) is 1. The quantitative estimate of drug-likeness (QED) is 0.749. The van der Waals surface area contributed by atoms with E-state index in [2.05, 4.69) is 5.32 Å². The van der Waals surface area contributed by atoms with Gasteiger partial charge in [-0.25, -0.2) is 0 Å². The second-order valence-electron chi connectivity index (χ2n) is 4.75. The van der Waals surface area contributed by atoms with Crippen LogP contribution in [0, 0.1) is 0 Å². The van der Waals surface area contributed by atoms with Gasteiger partial charge in [0.2, 0.25) is 0 Å². The van der Waals surface area contributed by atoms with Crippen LogP contribution in [0.1, 0.15) is 30.1 Å². The number of hydrogen-bond acceptors (Lipinski definition) is 2. The highest BCUT2D eigenvalue weighted by atomic mass is 35.5. The SMILES string of the molecule is OC1CC2(CCNC2)c2ccc(Cl)c(Cl)c21. The van der Waals surface area contributed by atoms with Crippen molar-refractivity contribution in [3.05, 3.63) is 33.3 Å². The predicted molar refractivity (Wildman–Crippen MR) is 65.2 cm³/mol. The van der Waals surface area contributed by atoms with Gasteiger partial charge in [-0.2, -0.15) is 0 Å². The molecule has 2 aliphatic rings. The second kappa shape index (κ2) is 3.61. The van der Waals surface area contributed by atoms with Gasteiger partial charge in [0.25, 0.3) is 0 Å². The molecule has 1 aliphatic heterocycles. The van der Waals surface area contributed by atoms with E-state index >= 15 is 0 Å². The Hall–Kier alpha value is -0.280. The van der Waals surface area contributed by atoms with Crippen molar-refractivity contribution >= 4 is 23.2 Å². The van der Waals surface area contributed by atoms with Crippen LogP contribution in [0.15, 0.2) is 12.1 Å². The highest BCUT2D eigenvalue weighted by Crippen LogP contribution is 2.51. The number of rotatable bonds is 0. The van der Waals surface area contributed by atoms with Crippen LogP contribution in [0.25, 0.3) is 0 Å². The van der Waals surface area contributed by atoms with Crippen LogP contribution in [-0.2, 0) is 5.41 Å². The monoisotopic (exact) mass is 257 g/mol. The summed E-state index contributed by atoms with van der Waals surface area (Å²) in [5.41, 5.74) is 2.10. The summed E-state index contributed by atoms with van der Waals surface area (Å²) in [6, 6.07) is 3.85. The Morgan fingerprint density at radius 2 is 2.19 bits per heavy atom. The van der Waals surface area contributed by atoms with E-state index in [9.17, 15) is 5.11 Å². The molecule has 4 heteroatoms. The smallest absolute Gasteiger partial charge is 0.0816 e. The summed E-state index contributed by atoms with van der Waals surface area (Å²) in [6.45, 7) is 1.93. The zero-order chi connectivity index (χ0) is 11.3. The van der Waals surface area contributed by atoms with Crippen LogP contribution in [0.3, 0.4) is 0 Å². The normalized spacial score (nSPS) is 32.3. The molecule has 2 unspecified atom stereocenters. The maximum atomic E-state index is 10.1. The summed E-state index contributed by atoms with van der Waals surface area (Å²) in [5, 5.41) is 14.6. The first-order chi connectivity index (χ1) is 7.64. The van der Waals surface area contributed by atoms with Crippen molar-refractivity contribution in [2.45, 2.75) is 24.4 Å². The Morgan fingerprint density at radius 1 is 1.38 bits per heavy atom. The summed E-state index contributed by atoms with van der Waals surface area (Å²) >= 11 is 12.2. The van der Waals surface area contributed by atoms with E-state index in [1.165, 1.54) is 5.56 Å². The number of aliphatic hydroxyl groups is 1. The van der Waals surface area contributed by atoms with Crippen LogP contribution >= 0.6 is 23.2 Å². The standard InChI is InChI=1S/C12H13Cl2NO/c13-8-2-1-7-10(11(8)14)9(16)5-12(7)3-4-15-6-12/h1-2,9,15-16H,3-6H2. The third-order valence-corrected chi connectivity index (χ3v) is 4.68. The van der Waals surface area contributed by atoms with E-state index in [0.29, 0.717) is 10.0 Å². The minimum Gasteiger partial charge on any atom is -0.388 e. The maximum absolute atomic E-state index is 10.1. The van der Waals surface area contributed by atoms with Gasteiger partial charge in [0.15, 0.2) is 0 Å². The van der Waals surface area contributed by atoms with Gasteiger partial charge in [-0.3, -0.25) is 0 Å². The van der Waals surface area contributed by atoms with Gasteiger partial charge in [0.1, 0.15) is 0 Å². The fraction of sp³-hybridized carbons (Fsp3) is 0.500. The molecule has 3 rings (SSSR count). The molecule has 1 aromatic carbocycles. The highest BCUT2D eigenvalue weighted by molar-refractivity contribution is 6.42. The molecule has 2 nitrogen and oxygen atoms in total.